The van der Waals surface area contributed by atoms with E-state index in [0.29, 0.717) is 5.82 Å². The number of nitrogens with zero attached hydrogens (tertiary/aromatic N) is 2. The molecule has 0 saturated carbocycles. The summed E-state index contributed by atoms with van der Waals surface area (Å²) in [4.78, 5) is 21.2. The van der Waals surface area contributed by atoms with Gasteiger partial charge in [0.1, 0.15) is 5.82 Å². The fourth-order valence-electron chi connectivity index (χ4n) is 2.90. The molecule has 0 bridgehead atoms. The highest BCUT2D eigenvalue weighted by Gasteiger charge is 2.09. The summed E-state index contributed by atoms with van der Waals surface area (Å²) in [6.45, 7) is 0. The first kappa shape index (κ1) is 18.1. The van der Waals surface area contributed by atoms with Gasteiger partial charge in [-0.05, 0) is 23.3 Å². The minimum atomic E-state index is -0.114. The molecule has 4 aromatic rings. The van der Waals surface area contributed by atoms with Gasteiger partial charge in [0.25, 0.3) is 0 Å². The fraction of sp³-hybridized carbons (Fsp3) is 0.0870. The Morgan fingerprint density at radius 3 is 2.36 bits per heavy atom. The van der Waals surface area contributed by atoms with Crippen LogP contribution in [0.4, 0.5) is 5.82 Å². The number of carbonyl (C=O) groups excluding carboxylic acids is 1. The van der Waals surface area contributed by atoms with E-state index >= 15 is 0 Å². The summed E-state index contributed by atoms with van der Waals surface area (Å²) >= 11 is 1.59. The summed E-state index contributed by atoms with van der Waals surface area (Å²) in [5, 5.41) is 5.80. The van der Waals surface area contributed by atoms with Crippen molar-refractivity contribution in [1.29, 1.82) is 0 Å². The van der Waals surface area contributed by atoms with Crippen molar-refractivity contribution in [2.75, 3.05) is 5.32 Å². The van der Waals surface area contributed by atoms with Crippen LogP contribution in [0.3, 0.4) is 0 Å². The van der Waals surface area contributed by atoms with Gasteiger partial charge < -0.3 is 5.32 Å². The maximum atomic E-state index is 12.3. The van der Waals surface area contributed by atoms with E-state index in [0.717, 1.165) is 28.2 Å². The molecule has 0 atom stereocenters. The van der Waals surface area contributed by atoms with E-state index in [2.05, 4.69) is 27.4 Å². The van der Waals surface area contributed by atoms with Crippen molar-refractivity contribution in [3.63, 3.8) is 0 Å². The molecule has 1 N–H and O–H groups in total. The molecule has 0 fully saturated rings. The van der Waals surface area contributed by atoms with Crippen LogP contribution in [0.25, 0.3) is 11.1 Å². The number of hydrogen-bond donors (Lipinski definition) is 1. The van der Waals surface area contributed by atoms with Gasteiger partial charge in [-0.25, -0.2) is 9.97 Å². The number of benzene rings is 2. The third kappa shape index (κ3) is 4.69. The van der Waals surface area contributed by atoms with Gasteiger partial charge in [-0.15, -0.1) is 11.3 Å². The fourth-order valence-corrected chi connectivity index (χ4v) is 3.73. The molecule has 0 unspecified atom stereocenters. The van der Waals surface area contributed by atoms with E-state index in [1.807, 2.05) is 66.0 Å². The molecule has 0 aliphatic rings. The third-order valence-electron chi connectivity index (χ3n) is 4.28. The monoisotopic (exact) mass is 385 g/mol. The van der Waals surface area contributed by atoms with Gasteiger partial charge in [0, 0.05) is 23.6 Å². The number of amides is 1. The summed E-state index contributed by atoms with van der Waals surface area (Å²) in [7, 11) is 0. The molecule has 138 valence electrons. The normalized spacial score (nSPS) is 10.6. The van der Waals surface area contributed by atoms with Crippen LogP contribution in [0.15, 0.2) is 84.4 Å². The second-order valence-electron chi connectivity index (χ2n) is 6.42. The molecule has 5 heteroatoms. The average Bonchev–Trinajstić information content (AvgIpc) is 3.16. The quantitative estimate of drug-likeness (QED) is 0.509. The van der Waals surface area contributed by atoms with Crippen molar-refractivity contribution in [3.8, 4) is 11.1 Å². The van der Waals surface area contributed by atoms with Crippen molar-refractivity contribution in [2.45, 2.75) is 12.8 Å². The van der Waals surface area contributed by atoms with Crippen molar-refractivity contribution in [3.05, 3.63) is 101 Å². The minimum Gasteiger partial charge on any atom is -0.310 e. The van der Waals surface area contributed by atoms with Gasteiger partial charge in [-0.3, -0.25) is 4.79 Å². The van der Waals surface area contributed by atoms with Crippen molar-refractivity contribution < 1.29 is 4.79 Å². The second kappa shape index (κ2) is 8.59. The molecule has 2 aromatic heterocycles. The number of rotatable bonds is 6. The van der Waals surface area contributed by atoms with Gasteiger partial charge in [-0.2, -0.15) is 0 Å². The lowest BCUT2D eigenvalue weighted by Gasteiger charge is -2.05. The lowest BCUT2D eigenvalue weighted by molar-refractivity contribution is -0.115. The summed E-state index contributed by atoms with van der Waals surface area (Å²) in [5.41, 5.74) is 4.12. The van der Waals surface area contributed by atoms with Gasteiger partial charge in [0.2, 0.25) is 5.91 Å². The van der Waals surface area contributed by atoms with E-state index in [1.165, 1.54) is 5.56 Å². The zero-order valence-corrected chi connectivity index (χ0v) is 16.0. The molecule has 2 aromatic carbocycles. The van der Waals surface area contributed by atoms with E-state index in [9.17, 15) is 4.79 Å². The Kier molecular flexibility index (Phi) is 5.54. The summed E-state index contributed by atoms with van der Waals surface area (Å²) in [6, 6.07) is 24.0. The number of nitrogens with one attached hydrogen (secondary N) is 1. The molecule has 0 aliphatic heterocycles. The topological polar surface area (TPSA) is 54.9 Å². The second-order valence-corrected chi connectivity index (χ2v) is 7.36. The number of anilines is 1. The molecular formula is C23H19N3OS. The van der Waals surface area contributed by atoms with Crippen molar-refractivity contribution in [2.24, 2.45) is 0 Å². The number of pyridine rings is 1. The lowest BCUT2D eigenvalue weighted by atomic mass is 10.1. The molecule has 4 nitrogen and oxygen atoms in total. The van der Waals surface area contributed by atoms with Crippen molar-refractivity contribution >= 4 is 23.1 Å². The molecule has 28 heavy (non-hydrogen) atoms. The van der Waals surface area contributed by atoms with Gasteiger partial charge in [-0.1, -0.05) is 60.7 Å². The number of hydrogen-bond acceptors (Lipinski definition) is 4. The summed E-state index contributed by atoms with van der Waals surface area (Å²) < 4.78 is 0. The highest BCUT2D eigenvalue weighted by Crippen LogP contribution is 2.19. The van der Waals surface area contributed by atoms with Crippen LogP contribution in [0, 0.1) is 0 Å². The first-order valence-corrected chi connectivity index (χ1v) is 9.93. The van der Waals surface area contributed by atoms with Crippen LogP contribution < -0.4 is 5.32 Å². The molecule has 0 saturated heterocycles. The number of carbonyl (C=O) groups is 1. The van der Waals surface area contributed by atoms with Crippen LogP contribution >= 0.6 is 11.3 Å². The zero-order valence-electron chi connectivity index (χ0n) is 15.2. The molecule has 1 amide bonds. The van der Waals surface area contributed by atoms with E-state index in [-0.39, 0.29) is 12.3 Å². The Bertz CT molecular complexity index is 1040. The molecule has 4 rings (SSSR count). The maximum Gasteiger partial charge on any atom is 0.231 e. The Morgan fingerprint density at radius 2 is 1.64 bits per heavy atom. The van der Waals surface area contributed by atoms with Gasteiger partial charge in [0.05, 0.1) is 17.1 Å². The zero-order chi connectivity index (χ0) is 19.2. The van der Waals surface area contributed by atoms with Gasteiger partial charge >= 0.3 is 0 Å². The Labute approximate surface area is 167 Å². The van der Waals surface area contributed by atoms with E-state index in [4.69, 9.17) is 0 Å². The SMILES string of the molecule is O=C(Cc1csc(Cc2ccccc2)n1)Nc1ccc(-c2ccccc2)cn1. The number of thiazole rings is 1. The molecule has 2 heterocycles. The predicted molar refractivity (Wildman–Crippen MR) is 113 cm³/mol. The van der Waals surface area contributed by atoms with Crippen LogP contribution in [-0.2, 0) is 17.6 Å². The Balaban J connectivity index is 1.34. The Hall–Kier alpha value is -3.31. The highest BCUT2D eigenvalue weighted by atomic mass is 32.1. The number of aromatic nitrogens is 2. The first-order chi connectivity index (χ1) is 13.8. The van der Waals surface area contributed by atoms with Crippen molar-refractivity contribution in [1.82, 2.24) is 9.97 Å². The van der Waals surface area contributed by atoms with Crippen LogP contribution in [0.2, 0.25) is 0 Å². The van der Waals surface area contributed by atoms with Gasteiger partial charge in [0.15, 0.2) is 0 Å². The minimum absolute atomic E-state index is 0.114. The highest BCUT2D eigenvalue weighted by molar-refractivity contribution is 7.09. The van der Waals surface area contributed by atoms with E-state index in [1.54, 1.807) is 17.5 Å². The molecule has 0 radical (unpaired) electrons. The molecule has 0 spiro atoms. The van der Waals surface area contributed by atoms with Crippen LogP contribution in [-0.4, -0.2) is 15.9 Å². The first-order valence-electron chi connectivity index (χ1n) is 9.05. The lowest BCUT2D eigenvalue weighted by Crippen LogP contribution is -2.15. The van der Waals surface area contributed by atoms with Crippen LogP contribution in [0.5, 0.6) is 0 Å². The maximum absolute atomic E-state index is 12.3. The standard InChI is InChI=1S/C23H19N3OS/c27-22(14-20-16-28-23(25-20)13-17-7-3-1-4-8-17)26-21-12-11-19(15-24-21)18-9-5-2-6-10-18/h1-12,15-16H,13-14H2,(H,24,26,27). The molecule has 0 aliphatic carbocycles. The largest absolute Gasteiger partial charge is 0.310 e. The smallest absolute Gasteiger partial charge is 0.231 e. The summed E-state index contributed by atoms with van der Waals surface area (Å²) in [6.07, 6.45) is 2.80. The Morgan fingerprint density at radius 1 is 0.893 bits per heavy atom. The summed E-state index contributed by atoms with van der Waals surface area (Å²) in [5.74, 6) is 0.431. The average molecular weight is 385 g/mol. The third-order valence-corrected chi connectivity index (χ3v) is 5.17. The molecular weight excluding hydrogens is 366 g/mol. The van der Waals surface area contributed by atoms with Crippen LogP contribution in [0.1, 0.15) is 16.3 Å². The van der Waals surface area contributed by atoms with E-state index < -0.39 is 0 Å². The predicted octanol–water partition coefficient (Wildman–Crippen LogP) is 4.98.